The molecule has 1 N–H and O–H groups in total. The standard InChI is InChI=1S/C15H18N2OS2/c18-20-8-6-13(7-9-20)16-10-15-17-14(11-19-15)12-4-2-1-3-5-12/h1-5,11,13,16H,6-10H2. The Morgan fingerprint density at radius 3 is 2.75 bits per heavy atom. The Labute approximate surface area is 125 Å². The van der Waals surface area contributed by atoms with Gasteiger partial charge < -0.3 is 5.32 Å². The van der Waals surface area contributed by atoms with Crippen LogP contribution in [0.25, 0.3) is 11.3 Å². The maximum atomic E-state index is 11.3. The summed E-state index contributed by atoms with van der Waals surface area (Å²) < 4.78 is 11.3. The van der Waals surface area contributed by atoms with E-state index in [4.69, 9.17) is 0 Å². The van der Waals surface area contributed by atoms with Crippen molar-refractivity contribution in [1.29, 1.82) is 0 Å². The minimum atomic E-state index is -0.583. The minimum Gasteiger partial charge on any atom is -0.308 e. The van der Waals surface area contributed by atoms with Gasteiger partial charge in [0.15, 0.2) is 0 Å². The molecule has 106 valence electrons. The quantitative estimate of drug-likeness (QED) is 0.944. The van der Waals surface area contributed by atoms with Crippen LogP contribution in [0.4, 0.5) is 0 Å². The molecule has 0 bridgehead atoms. The van der Waals surface area contributed by atoms with Gasteiger partial charge in [0, 0.05) is 45.8 Å². The van der Waals surface area contributed by atoms with Crippen LogP contribution < -0.4 is 5.32 Å². The van der Waals surface area contributed by atoms with Crippen molar-refractivity contribution in [3.05, 3.63) is 40.7 Å². The summed E-state index contributed by atoms with van der Waals surface area (Å²) in [6, 6.07) is 10.8. The Kier molecular flexibility index (Phi) is 4.60. The van der Waals surface area contributed by atoms with Crippen molar-refractivity contribution in [3.8, 4) is 11.3 Å². The Balaban J connectivity index is 1.57. The Morgan fingerprint density at radius 2 is 2.00 bits per heavy atom. The fourth-order valence-corrected chi connectivity index (χ4v) is 4.42. The molecule has 5 heteroatoms. The topological polar surface area (TPSA) is 42.0 Å². The molecule has 2 heterocycles. The second-order valence-electron chi connectivity index (χ2n) is 5.00. The van der Waals surface area contributed by atoms with Gasteiger partial charge in [-0.3, -0.25) is 4.21 Å². The number of benzene rings is 1. The summed E-state index contributed by atoms with van der Waals surface area (Å²) in [5, 5.41) is 6.77. The highest BCUT2D eigenvalue weighted by Gasteiger charge is 2.17. The van der Waals surface area contributed by atoms with E-state index in [0.717, 1.165) is 41.6 Å². The van der Waals surface area contributed by atoms with Crippen molar-refractivity contribution >= 4 is 22.1 Å². The van der Waals surface area contributed by atoms with Crippen LogP contribution >= 0.6 is 11.3 Å². The molecule has 1 aliphatic rings. The van der Waals surface area contributed by atoms with E-state index in [9.17, 15) is 4.21 Å². The van der Waals surface area contributed by atoms with E-state index in [1.54, 1.807) is 11.3 Å². The van der Waals surface area contributed by atoms with Crippen molar-refractivity contribution in [1.82, 2.24) is 10.3 Å². The first kappa shape index (κ1) is 13.9. The smallest absolute Gasteiger partial charge is 0.107 e. The first-order chi connectivity index (χ1) is 9.81. The third-order valence-corrected chi connectivity index (χ3v) is 5.78. The molecule has 1 fully saturated rings. The molecule has 3 nitrogen and oxygen atoms in total. The van der Waals surface area contributed by atoms with Gasteiger partial charge in [-0.2, -0.15) is 0 Å². The number of thiazole rings is 1. The number of aromatic nitrogens is 1. The predicted molar refractivity (Wildman–Crippen MR) is 85.3 cm³/mol. The fourth-order valence-electron chi connectivity index (χ4n) is 2.36. The highest BCUT2D eigenvalue weighted by Crippen LogP contribution is 2.21. The Morgan fingerprint density at radius 1 is 1.25 bits per heavy atom. The third kappa shape index (κ3) is 3.53. The molecule has 3 rings (SSSR count). The average Bonchev–Trinajstić information content (AvgIpc) is 2.97. The van der Waals surface area contributed by atoms with Gasteiger partial charge in [0.25, 0.3) is 0 Å². The highest BCUT2D eigenvalue weighted by atomic mass is 32.2. The van der Waals surface area contributed by atoms with Crippen LogP contribution in [0.2, 0.25) is 0 Å². The fraction of sp³-hybridized carbons (Fsp3) is 0.400. The minimum absolute atomic E-state index is 0.497. The molecule has 2 aromatic rings. The second kappa shape index (κ2) is 6.61. The van der Waals surface area contributed by atoms with Gasteiger partial charge in [-0.15, -0.1) is 11.3 Å². The monoisotopic (exact) mass is 306 g/mol. The SMILES string of the molecule is O=S1CCC(NCc2nc(-c3ccccc3)cs2)CC1. The normalized spacial score (nSPS) is 22.8. The summed E-state index contributed by atoms with van der Waals surface area (Å²) >= 11 is 1.70. The van der Waals surface area contributed by atoms with Crippen molar-refractivity contribution in [2.75, 3.05) is 11.5 Å². The third-order valence-electron chi connectivity index (χ3n) is 3.55. The van der Waals surface area contributed by atoms with Crippen LogP contribution in [0.1, 0.15) is 17.8 Å². The molecule has 20 heavy (non-hydrogen) atoms. The molecule has 1 saturated heterocycles. The molecule has 0 amide bonds. The maximum Gasteiger partial charge on any atom is 0.107 e. The van der Waals surface area contributed by atoms with E-state index >= 15 is 0 Å². The molecule has 0 radical (unpaired) electrons. The molecular formula is C15H18N2OS2. The predicted octanol–water partition coefficient (Wildman–Crippen LogP) is 2.81. The van der Waals surface area contributed by atoms with Gasteiger partial charge in [-0.05, 0) is 12.8 Å². The molecule has 0 spiro atoms. The summed E-state index contributed by atoms with van der Waals surface area (Å²) in [5.74, 6) is 1.68. The number of nitrogens with zero attached hydrogens (tertiary/aromatic N) is 1. The van der Waals surface area contributed by atoms with Crippen LogP contribution in [0, 0.1) is 0 Å². The Bertz CT molecular complexity index is 573. The van der Waals surface area contributed by atoms with Gasteiger partial charge in [0.05, 0.1) is 5.69 Å². The molecule has 1 aromatic heterocycles. The first-order valence-electron chi connectivity index (χ1n) is 6.89. The van der Waals surface area contributed by atoms with Crippen molar-refractivity contribution in [2.45, 2.75) is 25.4 Å². The van der Waals surface area contributed by atoms with Crippen molar-refractivity contribution < 1.29 is 4.21 Å². The summed E-state index contributed by atoms with van der Waals surface area (Å²) in [5.41, 5.74) is 2.22. The molecule has 1 aromatic carbocycles. The van der Waals surface area contributed by atoms with Gasteiger partial charge in [-0.1, -0.05) is 30.3 Å². The van der Waals surface area contributed by atoms with E-state index in [2.05, 4.69) is 27.8 Å². The van der Waals surface area contributed by atoms with Crippen LogP contribution in [0.5, 0.6) is 0 Å². The number of rotatable bonds is 4. The number of hydrogen-bond acceptors (Lipinski definition) is 4. The summed E-state index contributed by atoms with van der Waals surface area (Å²) in [7, 11) is -0.583. The van der Waals surface area contributed by atoms with Crippen LogP contribution in [0.15, 0.2) is 35.7 Å². The van der Waals surface area contributed by atoms with Gasteiger partial charge in [0.1, 0.15) is 5.01 Å². The van der Waals surface area contributed by atoms with E-state index < -0.39 is 10.8 Å². The largest absolute Gasteiger partial charge is 0.308 e. The zero-order chi connectivity index (χ0) is 13.8. The zero-order valence-corrected chi connectivity index (χ0v) is 12.9. The van der Waals surface area contributed by atoms with Crippen molar-refractivity contribution in [2.24, 2.45) is 0 Å². The lowest BCUT2D eigenvalue weighted by Crippen LogP contribution is -2.35. The molecule has 1 aliphatic heterocycles. The number of nitrogens with one attached hydrogen (secondary N) is 1. The lowest BCUT2D eigenvalue weighted by Gasteiger charge is -2.21. The van der Waals surface area contributed by atoms with E-state index in [0.29, 0.717) is 6.04 Å². The molecule has 0 aliphatic carbocycles. The van der Waals surface area contributed by atoms with Crippen LogP contribution in [-0.2, 0) is 17.3 Å². The van der Waals surface area contributed by atoms with E-state index in [-0.39, 0.29) is 0 Å². The van der Waals surface area contributed by atoms with Gasteiger partial charge in [-0.25, -0.2) is 4.98 Å². The van der Waals surface area contributed by atoms with Crippen molar-refractivity contribution in [3.63, 3.8) is 0 Å². The van der Waals surface area contributed by atoms with E-state index in [1.165, 1.54) is 5.56 Å². The lowest BCUT2D eigenvalue weighted by molar-refractivity contribution is 0.475. The van der Waals surface area contributed by atoms with Crippen LogP contribution in [-0.4, -0.2) is 26.7 Å². The lowest BCUT2D eigenvalue weighted by atomic mass is 10.1. The Hall–Kier alpha value is -1.04. The summed E-state index contributed by atoms with van der Waals surface area (Å²) in [4.78, 5) is 4.68. The average molecular weight is 306 g/mol. The van der Waals surface area contributed by atoms with E-state index in [1.807, 2.05) is 18.2 Å². The van der Waals surface area contributed by atoms with Gasteiger partial charge >= 0.3 is 0 Å². The number of hydrogen-bond donors (Lipinski definition) is 1. The first-order valence-corrected chi connectivity index (χ1v) is 9.26. The molecule has 0 atom stereocenters. The molecule has 0 unspecified atom stereocenters. The summed E-state index contributed by atoms with van der Waals surface area (Å²) in [6.07, 6.45) is 2.03. The molecule has 0 saturated carbocycles. The second-order valence-corrected chi connectivity index (χ2v) is 7.63. The van der Waals surface area contributed by atoms with Crippen LogP contribution in [0.3, 0.4) is 0 Å². The zero-order valence-electron chi connectivity index (χ0n) is 11.2. The summed E-state index contributed by atoms with van der Waals surface area (Å²) in [6.45, 7) is 0.814. The maximum absolute atomic E-state index is 11.3. The highest BCUT2D eigenvalue weighted by molar-refractivity contribution is 7.85. The van der Waals surface area contributed by atoms with Gasteiger partial charge in [0.2, 0.25) is 0 Å². The molecular weight excluding hydrogens is 288 g/mol.